The van der Waals surface area contributed by atoms with Crippen LogP contribution in [-0.2, 0) is 14.9 Å². The Kier molecular flexibility index (Phi) is 4.73. The summed E-state index contributed by atoms with van der Waals surface area (Å²) >= 11 is 0. The molecule has 0 saturated heterocycles. The molecule has 0 aliphatic carbocycles. The van der Waals surface area contributed by atoms with E-state index < -0.39 is 0 Å². The lowest BCUT2D eigenvalue weighted by Gasteiger charge is -2.33. The highest BCUT2D eigenvalue weighted by Gasteiger charge is 2.33. The van der Waals surface area contributed by atoms with Crippen LogP contribution in [-0.4, -0.2) is 12.6 Å². The molecule has 0 fully saturated rings. The molecule has 0 radical (unpaired) electrons. The van der Waals surface area contributed by atoms with Crippen LogP contribution in [0.5, 0.6) is 0 Å². The van der Waals surface area contributed by atoms with Crippen LogP contribution >= 0.6 is 0 Å². The Morgan fingerprint density at radius 3 is 2.35 bits per heavy atom. The molecule has 0 heterocycles. The van der Waals surface area contributed by atoms with Gasteiger partial charge in [0.1, 0.15) is 0 Å². The molecule has 0 saturated carbocycles. The third kappa shape index (κ3) is 3.32. The molecule has 0 aliphatic rings. The monoisotopic (exact) mass is 234 g/mol. The number of hydrogen-bond donors (Lipinski definition) is 0. The molecule has 2 nitrogen and oxygen atoms in total. The zero-order chi connectivity index (χ0) is 12.9. The molecule has 2 heteroatoms. The average molecular weight is 234 g/mol. The maximum Gasteiger partial charge on any atom is 0.306 e. The van der Waals surface area contributed by atoms with Crippen molar-refractivity contribution in [3.8, 4) is 0 Å². The summed E-state index contributed by atoms with van der Waals surface area (Å²) in [5.74, 6) is 0.266. The number of rotatable bonds is 5. The Labute approximate surface area is 104 Å². The van der Waals surface area contributed by atoms with Crippen LogP contribution in [0.25, 0.3) is 0 Å². The molecule has 1 unspecified atom stereocenters. The highest BCUT2D eigenvalue weighted by Crippen LogP contribution is 2.35. The summed E-state index contributed by atoms with van der Waals surface area (Å²) in [6, 6.07) is 10.2. The summed E-state index contributed by atoms with van der Waals surface area (Å²) in [6.07, 6.45) is 0.433. The minimum Gasteiger partial charge on any atom is -0.466 e. The van der Waals surface area contributed by atoms with E-state index in [2.05, 4.69) is 32.9 Å². The highest BCUT2D eigenvalue weighted by molar-refractivity contribution is 5.71. The van der Waals surface area contributed by atoms with E-state index >= 15 is 0 Å². The number of carbonyl (C=O) groups excluding carboxylic acids is 1. The molecular weight excluding hydrogens is 212 g/mol. The second-order valence-electron chi connectivity index (χ2n) is 4.92. The van der Waals surface area contributed by atoms with Gasteiger partial charge in [0.15, 0.2) is 0 Å². The maximum atomic E-state index is 11.7. The summed E-state index contributed by atoms with van der Waals surface area (Å²) in [7, 11) is 0. The lowest BCUT2D eigenvalue weighted by atomic mass is 9.71. The SMILES string of the molecule is CCOC(=O)CC(C)(c1ccccc1)C(C)C. The molecule has 17 heavy (non-hydrogen) atoms. The molecular formula is C15H22O2. The van der Waals surface area contributed by atoms with E-state index in [-0.39, 0.29) is 11.4 Å². The molecule has 0 aliphatic heterocycles. The first kappa shape index (κ1) is 13.8. The number of esters is 1. The van der Waals surface area contributed by atoms with Crippen molar-refractivity contribution in [1.82, 2.24) is 0 Å². The van der Waals surface area contributed by atoms with Crippen LogP contribution in [0, 0.1) is 5.92 Å². The summed E-state index contributed by atoms with van der Waals surface area (Å²) in [5.41, 5.74) is 1.04. The molecule has 1 atom stereocenters. The Morgan fingerprint density at radius 1 is 1.29 bits per heavy atom. The van der Waals surface area contributed by atoms with Gasteiger partial charge >= 0.3 is 5.97 Å². The normalized spacial score (nSPS) is 14.4. The van der Waals surface area contributed by atoms with Crippen LogP contribution in [0.2, 0.25) is 0 Å². The molecule has 0 N–H and O–H groups in total. The van der Waals surface area contributed by atoms with Crippen LogP contribution in [0.3, 0.4) is 0 Å². The van der Waals surface area contributed by atoms with Gasteiger partial charge in [0, 0.05) is 5.41 Å². The number of benzene rings is 1. The van der Waals surface area contributed by atoms with Crippen molar-refractivity contribution in [3.05, 3.63) is 35.9 Å². The Morgan fingerprint density at radius 2 is 1.88 bits per heavy atom. The van der Waals surface area contributed by atoms with E-state index in [4.69, 9.17) is 4.74 Å². The standard InChI is InChI=1S/C15H22O2/c1-5-17-14(16)11-15(4,12(2)3)13-9-7-6-8-10-13/h6-10,12H,5,11H2,1-4H3. The lowest BCUT2D eigenvalue weighted by molar-refractivity contribution is -0.145. The van der Waals surface area contributed by atoms with Gasteiger partial charge in [-0.2, -0.15) is 0 Å². The first-order valence-corrected chi connectivity index (χ1v) is 6.22. The third-order valence-corrected chi connectivity index (χ3v) is 3.52. The predicted octanol–water partition coefficient (Wildman–Crippen LogP) is 3.55. The van der Waals surface area contributed by atoms with Gasteiger partial charge in [-0.05, 0) is 18.4 Å². The Bertz CT molecular complexity index is 356. The van der Waals surface area contributed by atoms with Gasteiger partial charge < -0.3 is 4.74 Å². The molecule has 1 aromatic rings. The molecule has 0 amide bonds. The van der Waals surface area contributed by atoms with Crippen LogP contribution in [0.1, 0.15) is 39.7 Å². The fourth-order valence-electron chi connectivity index (χ4n) is 1.97. The topological polar surface area (TPSA) is 26.3 Å². The van der Waals surface area contributed by atoms with Crippen LogP contribution in [0.4, 0.5) is 0 Å². The smallest absolute Gasteiger partial charge is 0.306 e. The Hall–Kier alpha value is -1.31. The minimum atomic E-state index is -0.159. The summed E-state index contributed by atoms with van der Waals surface area (Å²) in [5, 5.41) is 0. The molecule has 0 spiro atoms. The maximum absolute atomic E-state index is 11.7. The summed E-state index contributed by atoms with van der Waals surface area (Å²) in [6.45, 7) is 8.71. The third-order valence-electron chi connectivity index (χ3n) is 3.52. The quantitative estimate of drug-likeness (QED) is 0.728. The van der Waals surface area contributed by atoms with E-state index in [0.717, 1.165) is 0 Å². The van der Waals surface area contributed by atoms with Crippen molar-refractivity contribution >= 4 is 5.97 Å². The second-order valence-corrected chi connectivity index (χ2v) is 4.92. The first-order valence-electron chi connectivity index (χ1n) is 6.22. The van der Waals surface area contributed by atoms with E-state index in [1.807, 2.05) is 25.1 Å². The van der Waals surface area contributed by atoms with Gasteiger partial charge in [0.05, 0.1) is 13.0 Å². The number of ether oxygens (including phenoxy) is 1. The first-order chi connectivity index (χ1) is 8.00. The summed E-state index contributed by atoms with van der Waals surface area (Å²) in [4.78, 5) is 11.7. The van der Waals surface area contributed by atoms with Gasteiger partial charge in [0.2, 0.25) is 0 Å². The molecule has 94 valence electrons. The molecule has 1 aromatic carbocycles. The van der Waals surface area contributed by atoms with Gasteiger partial charge in [-0.1, -0.05) is 51.1 Å². The number of carbonyl (C=O) groups is 1. The zero-order valence-electron chi connectivity index (χ0n) is 11.2. The second kappa shape index (κ2) is 5.85. The van der Waals surface area contributed by atoms with Gasteiger partial charge in [-0.3, -0.25) is 4.79 Å². The van der Waals surface area contributed by atoms with Crippen LogP contribution < -0.4 is 0 Å². The average Bonchev–Trinajstić information content (AvgIpc) is 2.30. The van der Waals surface area contributed by atoms with E-state index in [0.29, 0.717) is 18.9 Å². The molecule has 0 aromatic heterocycles. The van der Waals surface area contributed by atoms with Gasteiger partial charge in [-0.15, -0.1) is 0 Å². The molecule has 1 rings (SSSR count). The van der Waals surface area contributed by atoms with Crippen molar-refractivity contribution in [2.75, 3.05) is 6.61 Å². The van der Waals surface area contributed by atoms with Crippen molar-refractivity contribution in [2.45, 2.75) is 39.5 Å². The zero-order valence-corrected chi connectivity index (χ0v) is 11.2. The predicted molar refractivity (Wildman–Crippen MR) is 69.9 cm³/mol. The highest BCUT2D eigenvalue weighted by atomic mass is 16.5. The van der Waals surface area contributed by atoms with Crippen molar-refractivity contribution in [1.29, 1.82) is 0 Å². The number of hydrogen-bond acceptors (Lipinski definition) is 2. The van der Waals surface area contributed by atoms with Crippen molar-refractivity contribution < 1.29 is 9.53 Å². The largest absolute Gasteiger partial charge is 0.466 e. The van der Waals surface area contributed by atoms with Gasteiger partial charge in [0.25, 0.3) is 0 Å². The van der Waals surface area contributed by atoms with Crippen molar-refractivity contribution in [3.63, 3.8) is 0 Å². The molecule has 0 bridgehead atoms. The van der Waals surface area contributed by atoms with Crippen LogP contribution in [0.15, 0.2) is 30.3 Å². The van der Waals surface area contributed by atoms with E-state index in [1.54, 1.807) is 0 Å². The fourth-order valence-corrected chi connectivity index (χ4v) is 1.97. The fraction of sp³-hybridized carbons (Fsp3) is 0.533. The van der Waals surface area contributed by atoms with E-state index in [1.165, 1.54) is 5.56 Å². The Balaban J connectivity index is 2.94. The summed E-state index contributed by atoms with van der Waals surface area (Å²) < 4.78 is 5.07. The van der Waals surface area contributed by atoms with Crippen molar-refractivity contribution in [2.24, 2.45) is 5.92 Å². The minimum absolute atomic E-state index is 0.118. The lowest BCUT2D eigenvalue weighted by Crippen LogP contribution is -2.32. The van der Waals surface area contributed by atoms with E-state index in [9.17, 15) is 4.79 Å². The van der Waals surface area contributed by atoms with Gasteiger partial charge in [-0.25, -0.2) is 0 Å².